The molecular weight excluding hydrogens is 232 g/mol. The lowest BCUT2D eigenvalue weighted by Gasteiger charge is -2.27. The third-order valence-corrected chi connectivity index (χ3v) is 4.42. The van der Waals surface area contributed by atoms with Crippen LogP contribution >= 0.6 is 0 Å². The lowest BCUT2D eigenvalue weighted by atomic mass is 9.99. The summed E-state index contributed by atoms with van der Waals surface area (Å²) in [7, 11) is 2.26. The Kier molecular flexibility index (Phi) is 4.19. The molecule has 1 N–H and O–H groups in total. The van der Waals surface area contributed by atoms with E-state index in [-0.39, 0.29) is 0 Å². The summed E-state index contributed by atoms with van der Waals surface area (Å²) in [5, 5.41) is 3.51. The zero-order chi connectivity index (χ0) is 13.1. The molecule has 0 amide bonds. The standard InChI is InChI=1S/C17H26N2/c1-19(13-15-5-3-9-18-11-15)12-14-4-2-6-17(10-14)16-7-8-16/h2,4,6,10,15-16,18H,3,5,7-9,11-13H2,1H3. The van der Waals surface area contributed by atoms with Gasteiger partial charge in [-0.1, -0.05) is 24.3 Å². The Morgan fingerprint density at radius 2 is 2.16 bits per heavy atom. The molecule has 2 aliphatic rings. The first-order valence-electron chi connectivity index (χ1n) is 7.79. The molecule has 1 aliphatic carbocycles. The first-order chi connectivity index (χ1) is 9.31. The summed E-state index contributed by atoms with van der Waals surface area (Å²) in [5.41, 5.74) is 3.04. The monoisotopic (exact) mass is 258 g/mol. The second kappa shape index (κ2) is 6.06. The molecule has 0 aromatic heterocycles. The van der Waals surface area contributed by atoms with Crippen LogP contribution in [0.4, 0.5) is 0 Å². The molecule has 1 unspecified atom stereocenters. The average molecular weight is 258 g/mol. The highest BCUT2D eigenvalue weighted by Crippen LogP contribution is 2.40. The van der Waals surface area contributed by atoms with Crippen molar-refractivity contribution in [1.82, 2.24) is 10.2 Å². The van der Waals surface area contributed by atoms with Gasteiger partial charge in [0.2, 0.25) is 0 Å². The van der Waals surface area contributed by atoms with E-state index in [1.54, 1.807) is 5.56 Å². The number of piperidine rings is 1. The largest absolute Gasteiger partial charge is 0.316 e. The van der Waals surface area contributed by atoms with Crippen molar-refractivity contribution in [3.05, 3.63) is 35.4 Å². The van der Waals surface area contributed by atoms with Crippen LogP contribution in [0.5, 0.6) is 0 Å². The molecule has 1 aliphatic heterocycles. The lowest BCUT2D eigenvalue weighted by molar-refractivity contribution is 0.237. The Morgan fingerprint density at radius 1 is 1.26 bits per heavy atom. The predicted molar refractivity (Wildman–Crippen MR) is 80.3 cm³/mol. The number of rotatable bonds is 5. The topological polar surface area (TPSA) is 15.3 Å². The van der Waals surface area contributed by atoms with Crippen LogP contribution in [0.3, 0.4) is 0 Å². The molecule has 2 fully saturated rings. The molecule has 19 heavy (non-hydrogen) atoms. The highest BCUT2D eigenvalue weighted by Gasteiger charge is 2.23. The predicted octanol–water partition coefficient (Wildman–Crippen LogP) is 3.00. The number of hydrogen-bond acceptors (Lipinski definition) is 2. The van der Waals surface area contributed by atoms with Crippen molar-refractivity contribution in [3.63, 3.8) is 0 Å². The molecule has 2 heteroatoms. The molecular formula is C17H26N2. The van der Waals surface area contributed by atoms with Gasteiger partial charge in [0.25, 0.3) is 0 Å². The van der Waals surface area contributed by atoms with Crippen molar-refractivity contribution in [1.29, 1.82) is 0 Å². The first-order valence-corrected chi connectivity index (χ1v) is 7.79. The van der Waals surface area contributed by atoms with Gasteiger partial charge < -0.3 is 10.2 Å². The Hall–Kier alpha value is -0.860. The fourth-order valence-electron chi connectivity index (χ4n) is 3.26. The van der Waals surface area contributed by atoms with Gasteiger partial charge in [0.15, 0.2) is 0 Å². The van der Waals surface area contributed by atoms with Crippen molar-refractivity contribution in [2.45, 2.75) is 38.1 Å². The molecule has 1 aromatic carbocycles. The molecule has 104 valence electrons. The number of nitrogens with one attached hydrogen (secondary N) is 1. The second-order valence-corrected chi connectivity index (χ2v) is 6.43. The van der Waals surface area contributed by atoms with Crippen molar-refractivity contribution in [2.24, 2.45) is 5.92 Å². The van der Waals surface area contributed by atoms with E-state index in [9.17, 15) is 0 Å². The lowest BCUT2D eigenvalue weighted by Crippen LogP contribution is -2.36. The maximum atomic E-state index is 3.51. The van der Waals surface area contributed by atoms with E-state index in [0.29, 0.717) is 0 Å². The molecule has 1 atom stereocenters. The third kappa shape index (κ3) is 3.80. The summed E-state index contributed by atoms with van der Waals surface area (Å²) in [6.45, 7) is 4.73. The van der Waals surface area contributed by atoms with Gasteiger partial charge in [-0.2, -0.15) is 0 Å². The summed E-state index contributed by atoms with van der Waals surface area (Å²) in [5.74, 6) is 1.71. The van der Waals surface area contributed by atoms with Crippen LogP contribution in [0.2, 0.25) is 0 Å². The van der Waals surface area contributed by atoms with Crippen LogP contribution in [0.25, 0.3) is 0 Å². The Balaban J connectivity index is 1.53. The third-order valence-electron chi connectivity index (χ3n) is 4.42. The number of nitrogens with zero attached hydrogens (tertiary/aromatic N) is 1. The summed E-state index contributed by atoms with van der Waals surface area (Å²) >= 11 is 0. The van der Waals surface area contributed by atoms with Crippen molar-refractivity contribution >= 4 is 0 Å². The highest BCUT2D eigenvalue weighted by molar-refractivity contribution is 5.29. The fourth-order valence-corrected chi connectivity index (χ4v) is 3.26. The molecule has 3 rings (SSSR count). The summed E-state index contributed by atoms with van der Waals surface area (Å²) in [4.78, 5) is 2.49. The van der Waals surface area contributed by atoms with Crippen molar-refractivity contribution in [3.8, 4) is 0 Å². The smallest absolute Gasteiger partial charge is 0.0230 e. The van der Waals surface area contributed by atoms with E-state index in [0.717, 1.165) is 18.4 Å². The van der Waals surface area contributed by atoms with E-state index in [1.165, 1.54) is 50.9 Å². The van der Waals surface area contributed by atoms with E-state index in [2.05, 4.69) is 41.5 Å². The van der Waals surface area contributed by atoms with Crippen LogP contribution < -0.4 is 5.32 Å². The molecule has 1 aromatic rings. The highest BCUT2D eigenvalue weighted by atomic mass is 15.1. The summed E-state index contributed by atoms with van der Waals surface area (Å²) in [6.07, 6.45) is 5.52. The van der Waals surface area contributed by atoms with Gasteiger partial charge in [-0.3, -0.25) is 0 Å². The normalized spacial score (nSPS) is 23.8. The molecule has 1 saturated carbocycles. The van der Waals surface area contributed by atoms with Gasteiger partial charge in [0.1, 0.15) is 0 Å². The van der Waals surface area contributed by atoms with Crippen molar-refractivity contribution in [2.75, 3.05) is 26.7 Å². The Labute approximate surface area is 117 Å². The van der Waals surface area contributed by atoms with Crippen LogP contribution in [-0.2, 0) is 6.54 Å². The minimum atomic E-state index is 0.838. The van der Waals surface area contributed by atoms with Gasteiger partial charge in [-0.25, -0.2) is 0 Å². The van der Waals surface area contributed by atoms with Crippen LogP contribution in [0.15, 0.2) is 24.3 Å². The van der Waals surface area contributed by atoms with Crippen LogP contribution in [0, 0.1) is 5.92 Å². The second-order valence-electron chi connectivity index (χ2n) is 6.43. The summed E-state index contributed by atoms with van der Waals surface area (Å²) in [6, 6.07) is 9.24. The van der Waals surface area contributed by atoms with E-state index >= 15 is 0 Å². The Bertz CT molecular complexity index is 405. The SMILES string of the molecule is CN(Cc1cccc(C2CC2)c1)CC1CCCNC1. The minimum absolute atomic E-state index is 0.838. The quantitative estimate of drug-likeness (QED) is 0.873. The molecule has 0 spiro atoms. The van der Waals surface area contributed by atoms with Gasteiger partial charge in [0, 0.05) is 13.1 Å². The average Bonchev–Trinajstić information content (AvgIpc) is 3.24. The minimum Gasteiger partial charge on any atom is -0.316 e. The molecule has 0 bridgehead atoms. The van der Waals surface area contributed by atoms with Crippen LogP contribution in [0.1, 0.15) is 42.7 Å². The fraction of sp³-hybridized carbons (Fsp3) is 0.647. The summed E-state index contributed by atoms with van der Waals surface area (Å²) < 4.78 is 0. The molecule has 2 nitrogen and oxygen atoms in total. The van der Waals surface area contributed by atoms with E-state index in [4.69, 9.17) is 0 Å². The van der Waals surface area contributed by atoms with Crippen LogP contribution in [-0.4, -0.2) is 31.6 Å². The zero-order valence-electron chi connectivity index (χ0n) is 12.1. The molecule has 1 saturated heterocycles. The van der Waals surface area contributed by atoms with Gasteiger partial charge in [0.05, 0.1) is 0 Å². The maximum absolute atomic E-state index is 3.51. The van der Waals surface area contributed by atoms with Crippen molar-refractivity contribution < 1.29 is 0 Å². The Morgan fingerprint density at radius 3 is 2.89 bits per heavy atom. The van der Waals surface area contributed by atoms with E-state index < -0.39 is 0 Å². The zero-order valence-corrected chi connectivity index (χ0v) is 12.1. The van der Waals surface area contributed by atoms with E-state index in [1.807, 2.05) is 0 Å². The number of hydrogen-bond donors (Lipinski definition) is 1. The molecule has 0 radical (unpaired) electrons. The molecule has 1 heterocycles. The maximum Gasteiger partial charge on any atom is 0.0230 e. The van der Waals surface area contributed by atoms with Gasteiger partial charge in [-0.05, 0) is 68.8 Å². The van der Waals surface area contributed by atoms with Gasteiger partial charge >= 0.3 is 0 Å². The van der Waals surface area contributed by atoms with Gasteiger partial charge in [-0.15, -0.1) is 0 Å². The first kappa shape index (κ1) is 13.1. The number of benzene rings is 1.